The summed E-state index contributed by atoms with van der Waals surface area (Å²) in [7, 11) is 1.70. The topological polar surface area (TPSA) is 74.5 Å². The van der Waals surface area contributed by atoms with Gasteiger partial charge in [0.1, 0.15) is 0 Å². The highest BCUT2D eigenvalue weighted by Gasteiger charge is 2.22. The second-order valence-corrected chi connectivity index (χ2v) is 5.81. The second kappa shape index (κ2) is 9.17. The van der Waals surface area contributed by atoms with Gasteiger partial charge < -0.3 is 15.5 Å². The summed E-state index contributed by atoms with van der Waals surface area (Å²) < 4.78 is 1.89. The number of likely N-dealkylation sites (tertiary alicyclic amines) is 1. The summed E-state index contributed by atoms with van der Waals surface area (Å²) >= 11 is 0. The van der Waals surface area contributed by atoms with E-state index in [0.29, 0.717) is 18.9 Å². The fourth-order valence-corrected chi connectivity index (χ4v) is 2.83. The maximum Gasteiger partial charge on any atom is 0.220 e. The molecular formula is C16H28N6O. The van der Waals surface area contributed by atoms with Gasteiger partial charge in [0.05, 0.1) is 13.1 Å². The number of rotatable bonds is 6. The van der Waals surface area contributed by atoms with Crippen molar-refractivity contribution in [2.75, 3.05) is 33.2 Å². The van der Waals surface area contributed by atoms with Gasteiger partial charge in [-0.1, -0.05) is 0 Å². The molecule has 1 aromatic rings. The van der Waals surface area contributed by atoms with Crippen LogP contribution in [0.2, 0.25) is 0 Å². The van der Waals surface area contributed by atoms with Crippen molar-refractivity contribution in [2.24, 2.45) is 10.9 Å². The molecule has 1 aromatic heterocycles. The molecule has 2 N–H and O–H groups in total. The maximum atomic E-state index is 11.5. The third-order valence-corrected chi connectivity index (χ3v) is 4.15. The Balaban J connectivity index is 1.82. The Morgan fingerprint density at radius 2 is 2.17 bits per heavy atom. The lowest BCUT2D eigenvalue weighted by Gasteiger charge is -2.34. The Morgan fingerprint density at radius 3 is 2.78 bits per heavy atom. The number of nitrogens with one attached hydrogen (secondary N) is 2. The fraction of sp³-hybridized carbons (Fsp3) is 0.688. The van der Waals surface area contributed by atoms with Gasteiger partial charge >= 0.3 is 0 Å². The zero-order chi connectivity index (χ0) is 16.5. The fourth-order valence-electron chi connectivity index (χ4n) is 2.83. The van der Waals surface area contributed by atoms with Crippen LogP contribution in [0.1, 0.15) is 26.2 Å². The Bertz CT molecular complexity index is 491. The standard InChI is InChI=1S/C16H28N6O/c1-3-18-16(19-8-12-22-9-4-7-20-22)21-10-5-14(6-11-21)13-15(23)17-2/h4,7,9,14H,3,5-6,8,10-13H2,1-2H3,(H,17,23)(H,18,19). The largest absolute Gasteiger partial charge is 0.359 e. The Labute approximate surface area is 138 Å². The van der Waals surface area contributed by atoms with Gasteiger partial charge in [-0.15, -0.1) is 0 Å². The monoisotopic (exact) mass is 320 g/mol. The molecule has 1 fully saturated rings. The van der Waals surface area contributed by atoms with Crippen LogP contribution in [0, 0.1) is 5.92 Å². The molecule has 0 saturated carbocycles. The molecule has 0 atom stereocenters. The quantitative estimate of drug-likeness (QED) is 0.598. The van der Waals surface area contributed by atoms with Crippen LogP contribution < -0.4 is 10.6 Å². The molecule has 2 heterocycles. The van der Waals surface area contributed by atoms with Gasteiger partial charge in [0.25, 0.3) is 0 Å². The molecule has 0 radical (unpaired) electrons. The van der Waals surface area contributed by atoms with E-state index in [-0.39, 0.29) is 5.91 Å². The number of hydrogen-bond acceptors (Lipinski definition) is 3. The van der Waals surface area contributed by atoms with Gasteiger partial charge in [-0.2, -0.15) is 5.10 Å². The lowest BCUT2D eigenvalue weighted by atomic mass is 9.93. The second-order valence-electron chi connectivity index (χ2n) is 5.81. The molecule has 7 nitrogen and oxygen atoms in total. The highest BCUT2D eigenvalue weighted by Crippen LogP contribution is 2.20. The van der Waals surface area contributed by atoms with E-state index in [2.05, 4.69) is 27.6 Å². The van der Waals surface area contributed by atoms with Crippen LogP contribution in [-0.2, 0) is 11.3 Å². The van der Waals surface area contributed by atoms with Crippen LogP contribution in [0.5, 0.6) is 0 Å². The average Bonchev–Trinajstić information content (AvgIpc) is 3.08. The minimum absolute atomic E-state index is 0.142. The van der Waals surface area contributed by atoms with Crippen LogP contribution in [0.4, 0.5) is 0 Å². The van der Waals surface area contributed by atoms with Gasteiger partial charge in [0, 0.05) is 45.5 Å². The number of piperidine rings is 1. The van der Waals surface area contributed by atoms with Crippen molar-refractivity contribution in [1.29, 1.82) is 0 Å². The molecule has 0 aromatic carbocycles. The molecule has 2 rings (SSSR count). The van der Waals surface area contributed by atoms with Crippen LogP contribution in [0.3, 0.4) is 0 Å². The first-order valence-electron chi connectivity index (χ1n) is 8.44. The third kappa shape index (κ3) is 5.58. The van der Waals surface area contributed by atoms with Crippen molar-refractivity contribution in [3.63, 3.8) is 0 Å². The van der Waals surface area contributed by atoms with E-state index >= 15 is 0 Å². The van der Waals surface area contributed by atoms with Gasteiger partial charge in [0.15, 0.2) is 5.96 Å². The number of amides is 1. The Morgan fingerprint density at radius 1 is 1.39 bits per heavy atom. The van der Waals surface area contributed by atoms with Crippen LogP contribution in [-0.4, -0.2) is 59.8 Å². The average molecular weight is 320 g/mol. The van der Waals surface area contributed by atoms with Gasteiger partial charge in [-0.25, -0.2) is 0 Å². The van der Waals surface area contributed by atoms with Crippen molar-refractivity contribution in [1.82, 2.24) is 25.3 Å². The van der Waals surface area contributed by atoms with E-state index in [9.17, 15) is 4.79 Å². The first kappa shape index (κ1) is 17.3. The maximum absolute atomic E-state index is 11.5. The number of aromatic nitrogens is 2. The summed E-state index contributed by atoms with van der Waals surface area (Å²) in [6, 6.07) is 1.92. The highest BCUT2D eigenvalue weighted by molar-refractivity contribution is 5.80. The lowest BCUT2D eigenvalue weighted by Crippen LogP contribution is -2.46. The van der Waals surface area contributed by atoms with E-state index in [0.717, 1.165) is 45.0 Å². The third-order valence-electron chi connectivity index (χ3n) is 4.15. The zero-order valence-electron chi connectivity index (χ0n) is 14.2. The minimum atomic E-state index is 0.142. The van der Waals surface area contributed by atoms with Crippen molar-refractivity contribution in [2.45, 2.75) is 32.7 Å². The van der Waals surface area contributed by atoms with Gasteiger partial charge in [-0.3, -0.25) is 14.5 Å². The molecular weight excluding hydrogens is 292 g/mol. The van der Waals surface area contributed by atoms with Crippen LogP contribution in [0.25, 0.3) is 0 Å². The molecule has 1 aliphatic heterocycles. The van der Waals surface area contributed by atoms with Gasteiger partial charge in [-0.05, 0) is 31.7 Å². The van der Waals surface area contributed by atoms with E-state index in [1.807, 2.05) is 16.9 Å². The summed E-state index contributed by atoms with van der Waals surface area (Å²) in [6.45, 7) is 6.35. The Hall–Kier alpha value is -2.05. The summed E-state index contributed by atoms with van der Waals surface area (Å²) in [5.74, 6) is 1.60. The summed E-state index contributed by atoms with van der Waals surface area (Å²) in [6.07, 6.45) is 6.45. The molecule has 1 saturated heterocycles. The predicted octanol–water partition coefficient (Wildman–Crippen LogP) is 0.697. The molecule has 0 aliphatic carbocycles. The summed E-state index contributed by atoms with van der Waals surface area (Å²) in [5, 5.41) is 10.3. The normalized spacial score (nSPS) is 16.4. The molecule has 1 aliphatic rings. The van der Waals surface area contributed by atoms with Crippen molar-refractivity contribution < 1.29 is 4.79 Å². The number of guanidine groups is 1. The van der Waals surface area contributed by atoms with Crippen LogP contribution in [0.15, 0.2) is 23.5 Å². The Kier molecular flexibility index (Phi) is 6.90. The lowest BCUT2D eigenvalue weighted by molar-refractivity contribution is -0.121. The number of nitrogens with zero attached hydrogens (tertiary/aromatic N) is 4. The molecule has 128 valence electrons. The zero-order valence-corrected chi connectivity index (χ0v) is 14.2. The molecule has 0 unspecified atom stereocenters. The summed E-state index contributed by atoms with van der Waals surface area (Å²) in [5.41, 5.74) is 0. The van der Waals surface area contributed by atoms with E-state index < -0.39 is 0 Å². The van der Waals surface area contributed by atoms with E-state index in [1.165, 1.54) is 0 Å². The molecule has 1 amide bonds. The molecule has 7 heteroatoms. The first-order chi connectivity index (χ1) is 11.2. The molecule has 0 spiro atoms. The first-order valence-corrected chi connectivity index (χ1v) is 8.44. The highest BCUT2D eigenvalue weighted by atomic mass is 16.1. The number of aliphatic imine (C=N–C) groups is 1. The van der Waals surface area contributed by atoms with Gasteiger partial charge in [0.2, 0.25) is 5.91 Å². The van der Waals surface area contributed by atoms with Crippen molar-refractivity contribution >= 4 is 11.9 Å². The summed E-state index contributed by atoms with van der Waals surface area (Å²) in [4.78, 5) is 18.5. The van der Waals surface area contributed by atoms with E-state index in [1.54, 1.807) is 13.2 Å². The SMILES string of the molecule is CCNC(=NCCn1cccn1)N1CCC(CC(=O)NC)CC1. The number of carbonyl (C=O) groups is 1. The molecule has 23 heavy (non-hydrogen) atoms. The molecule has 0 bridgehead atoms. The number of carbonyl (C=O) groups excluding carboxylic acids is 1. The smallest absolute Gasteiger partial charge is 0.220 e. The van der Waals surface area contributed by atoms with Crippen molar-refractivity contribution in [3.05, 3.63) is 18.5 Å². The van der Waals surface area contributed by atoms with Crippen molar-refractivity contribution in [3.8, 4) is 0 Å². The predicted molar refractivity (Wildman–Crippen MR) is 91.2 cm³/mol. The van der Waals surface area contributed by atoms with E-state index in [4.69, 9.17) is 4.99 Å². The minimum Gasteiger partial charge on any atom is -0.359 e. The van der Waals surface area contributed by atoms with Crippen LogP contribution >= 0.6 is 0 Å². The number of hydrogen-bond donors (Lipinski definition) is 2.